The van der Waals surface area contributed by atoms with Crippen LogP contribution < -0.4 is 9.46 Å². The number of sulfonamides is 1. The van der Waals surface area contributed by atoms with Crippen molar-refractivity contribution >= 4 is 44.9 Å². The van der Waals surface area contributed by atoms with Gasteiger partial charge in [-0.3, -0.25) is 4.72 Å². The Morgan fingerprint density at radius 2 is 1.56 bits per heavy atom. The number of halogens is 2. The molecule has 0 unspecified atom stereocenters. The monoisotopic (exact) mass is 635 g/mol. The van der Waals surface area contributed by atoms with Crippen molar-refractivity contribution in [1.29, 1.82) is 0 Å². The van der Waals surface area contributed by atoms with Gasteiger partial charge in [-0.15, -0.1) is 0 Å². The molecule has 5 aromatic rings. The van der Waals surface area contributed by atoms with Crippen molar-refractivity contribution in [1.82, 2.24) is 9.55 Å². The molecule has 5 rings (SSSR count). The van der Waals surface area contributed by atoms with Crippen molar-refractivity contribution in [3.8, 4) is 39.5 Å². The minimum atomic E-state index is -3.46. The topological polar surface area (TPSA) is 99.5 Å². The van der Waals surface area contributed by atoms with Crippen LogP contribution in [0.4, 0.5) is 5.69 Å². The Morgan fingerprint density at radius 3 is 2.19 bits per heavy atom. The fourth-order valence-corrected chi connectivity index (χ4v) is 5.69. The SMILES string of the molecule is COC(=O)c1ccc(Cn2cc(-c3ccc(Cl)cc3Cl)nc2-c2ccc(-c3ccc(NS(C)(=O)=O)c(OC)c3)cc2)cc1. The summed E-state index contributed by atoms with van der Waals surface area (Å²) in [6.45, 7) is 0.489. The minimum absolute atomic E-state index is 0.361. The zero-order chi connectivity index (χ0) is 30.7. The third-order valence-corrected chi connectivity index (χ3v) is 7.82. The van der Waals surface area contributed by atoms with Crippen molar-refractivity contribution in [2.24, 2.45) is 0 Å². The van der Waals surface area contributed by atoms with Crippen LogP contribution in [-0.4, -0.2) is 44.4 Å². The van der Waals surface area contributed by atoms with Gasteiger partial charge in [-0.05, 0) is 59.2 Å². The third kappa shape index (κ3) is 7.02. The summed E-state index contributed by atoms with van der Waals surface area (Å²) >= 11 is 12.7. The quantitative estimate of drug-likeness (QED) is 0.169. The van der Waals surface area contributed by atoms with Gasteiger partial charge in [-0.1, -0.05) is 65.7 Å². The highest BCUT2D eigenvalue weighted by Crippen LogP contribution is 2.35. The van der Waals surface area contributed by atoms with E-state index in [9.17, 15) is 13.2 Å². The maximum atomic E-state index is 11.9. The first-order valence-corrected chi connectivity index (χ1v) is 15.7. The predicted octanol–water partition coefficient (Wildman–Crippen LogP) is 7.41. The van der Waals surface area contributed by atoms with Crippen molar-refractivity contribution in [2.75, 3.05) is 25.2 Å². The zero-order valence-electron chi connectivity index (χ0n) is 23.5. The largest absolute Gasteiger partial charge is 0.495 e. The Labute approximate surface area is 259 Å². The molecule has 0 spiro atoms. The molecule has 0 amide bonds. The van der Waals surface area contributed by atoms with Gasteiger partial charge in [-0.25, -0.2) is 18.2 Å². The average Bonchev–Trinajstić information content (AvgIpc) is 3.39. The van der Waals surface area contributed by atoms with Crippen LogP contribution in [0.2, 0.25) is 10.0 Å². The molecular formula is C32H27Cl2N3O5S. The Balaban J connectivity index is 1.51. The van der Waals surface area contributed by atoms with E-state index in [0.29, 0.717) is 39.3 Å². The molecule has 0 saturated carbocycles. The molecule has 4 aromatic carbocycles. The van der Waals surface area contributed by atoms with E-state index in [1.807, 2.05) is 59.3 Å². The maximum Gasteiger partial charge on any atom is 0.337 e. The van der Waals surface area contributed by atoms with E-state index in [1.54, 1.807) is 36.4 Å². The first-order chi connectivity index (χ1) is 20.5. The van der Waals surface area contributed by atoms with Crippen LogP contribution in [0.3, 0.4) is 0 Å². The second-order valence-electron chi connectivity index (χ2n) is 9.76. The van der Waals surface area contributed by atoms with Crippen molar-refractivity contribution in [2.45, 2.75) is 6.54 Å². The second-order valence-corrected chi connectivity index (χ2v) is 12.3. The molecule has 0 radical (unpaired) electrons. The fraction of sp³-hybridized carbons (Fsp3) is 0.125. The lowest BCUT2D eigenvalue weighted by atomic mass is 10.0. The Bertz CT molecular complexity index is 1910. The molecule has 11 heteroatoms. The molecule has 220 valence electrons. The lowest BCUT2D eigenvalue weighted by molar-refractivity contribution is 0.0600. The van der Waals surface area contributed by atoms with E-state index in [4.69, 9.17) is 37.7 Å². The lowest BCUT2D eigenvalue weighted by Gasteiger charge is -2.12. The van der Waals surface area contributed by atoms with Gasteiger partial charge in [0.15, 0.2) is 0 Å². The van der Waals surface area contributed by atoms with Gasteiger partial charge in [0.25, 0.3) is 0 Å². The molecule has 0 aliphatic heterocycles. The zero-order valence-corrected chi connectivity index (χ0v) is 25.8. The van der Waals surface area contributed by atoms with Crippen molar-refractivity contribution in [3.05, 3.63) is 112 Å². The number of carbonyl (C=O) groups excluding carboxylic acids is 1. The van der Waals surface area contributed by atoms with E-state index in [2.05, 4.69) is 4.72 Å². The van der Waals surface area contributed by atoms with Gasteiger partial charge in [0.05, 0.1) is 42.4 Å². The number of aromatic nitrogens is 2. The summed E-state index contributed by atoms with van der Waals surface area (Å²) in [4.78, 5) is 16.8. The molecule has 1 aromatic heterocycles. The number of hydrogen-bond donors (Lipinski definition) is 1. The van der Waals surface area contributed by atoms with Gasteiger partial charge in [0.1, 0.15) is 11.6 Å². The molecule has 0 saturated heterocycles. The highest BCUT2D eigenvalue weighted by molar-refractivity contribution is 7.92. The molecule has 0 aliphatic rings. The predicted molar refractivity (Wildman–Crippen MR) is 170 cm³/mol. The van der Waals surface area contributed by atoms with Crippen molar-refractivity contribution < 1.29 is 22.7 Å². The number of carbonyl (C=O) groups is 1. The molecule has 43 heavy (non-hydrogen) atoms. The summed E-state index contributed by atoms with van der Waals surface area (Å²) in [5.41, 5.74) is 5.86. The molecular weight excluding hydrogens is 609 g/mol. The number of ether oxygens (including phenoxy) is 2. The minimum Gasteiger partial charge on any atom is -0.495 e. The number of imidazole rings is 1. The highest BCUT2D eigenvalue weighted by Gasteiger charge is 2.16. The number of hydrogen-bond acceptors (Lipinski definition) is 6. The van der Waals surface area contributed by atoms with Crippen LogP contribution in [0.25, 0.3) is 33.8 Å². The standard InChI is InChI=1S/C32H27Cl2N3O5S/c1-41-30-16-24(12-15-28(30)36-43(3,39)40)21-8-10-22(11-9-21)31-35-29(26-14-13-25(33)17-27(26)34)19-37(31)18-20-4-6-23(7-5-20)32(38)42-2/h4-17,19,36H,18H2,1-3H3. The maximum absolute atomic E-state index is 11.9. The van der Waals surface area contributed by atoms with Gasteiger partial charge < -0.3 is 14.0 Å². The summed E-state index contributed by atoms with van der Waals surface area (Å²) < 4.78 is 38.2. The van der Waals surface area contributed by atoms with Crippen LogP contribution in [0.5, 0.6) is 5.75 Å². The molecule has 0 aliphatic carbocycles. The Hall–Kier alpha value is -4.31. The molecule has 1 N–H and O–H groups in total. The van der Waals surface area contributed by atoms with Gasteiger partial charge in [-0.2, -0.15) is 0 Å². The molecule has 0 fully saturated rings. The Kier molecular flexibility index (Phi) is 8.77. The number of anilines is 1. The van der Waals surface area contributed by atoms with E-state index >= 15 is 0 Å². The average molecular weight is 637 g/mol. The number of nitrogens with zero attached hydrogens (tertiary/aromatic N) is 2. The van der Waals surface area contributed by atoms with E-state index in [-0.39, 0.29) is 0 Å². The van der Waals surface area contributed by atoms with Crippen LogP contribution >= 0.6 is 23.2 Å². The number of nitrogens with one attached hydrogen (secondary N) is 1. The summed E-state index contributed by atoms with van der Waals surface area (Å²) in [6.07, 6.45) is 3.03. The molecule has 8 nitrogen and oxygen atoms in total. The summed E-state index contributed by atoms with van der Waals surface area (Å²) in [6, 6.07) is 25.7. The van der Waals surface area contributed by atoms with Gasteiger partial charge >= 0.3 is 5.97 Å². The van der Waals surface area contributed by atoms with Gasteiger partial charge in [0.2, 0.25) is 10.0 Å². The highest BCUT2D eigenvalue weighted by atomic mass is 35.5. The Morgan fingerprint density at radius 1 is 0.884 bits per heavy atom. The smallest absolute Gasteiger partial charge is 0.337 e. The van der Waals surface area contributed by atoms with Crippen LogP contribution in [-0.2, 0) is 21.3 Å². The van der Waals surface area contributed by atoms with Crippen LogP contribution in [0, 0.1) is 0 Å². The van der Waals surface area contributed by atoms with E-state index < -0.39 is 16.0 Å². The first kappa shape index (κ1) is 30.2. The molecule has 0 bridgehead atoms. The number of esters is 1. The lowest BCUT2D eigenvalue weighted by Crippen LogP contribution is -2.10. The summed E-state index contributed by atoms with van der Waals surface area (Å²) in [5, 5.41) is 1.02. The number of benzene rings is 4. The second kappa shape index (κ2) is 12.5. The fourth-order valence-electron chi connectivity index (χ4n) is 4.62. The van der Waals surface area contributed by atoms with Crippen molar-refractivity contribution in [3.63, 3.8) is 0 Å². The van der Waals surface area contributed by atoms with E-state index in [0.717, 1.165) is 39.9 Å². The molecule has 1 heterocycles. The number of methoxy groups -OCH3 is 2. The first-order valence-electron chi connectivity index (χ1n) is 13.0. The van der Waals surface area contributed by atoms with Crippen LogP contribution in [0.1, 0.15) is 15.9 Å². The normalized spacial score (nSPS) is 11.3. The van der Waals surface area contributed by atoms with Crippen LogP contribution in [0.15, 0.2) is 91.1 Å². The summed E-state index contributed by atoms with van der Waals surface area (Å²) in [5.74, 6) is 0.730. The van der Waals surface area contributed by atoms with E-state index in [1.165, 1.54) is 14.2 Å². The molecule has 0 atom stereocenters. The van der Waals surface area contributed by atoms with Gasteiger partial charge in [0, 0.05) is 28.9 Å². The number of rotatable bonds is 9. The third-order valence-electron chi connectivity index (χ3n) is 6.68. The summed E-state index contributed by atoms with van der Waals surface area (Å²) in [7, 11) is -0.615.